The summed E-state index contributed by atoms with van der Waals surface area (Å²) in [7, 11) is 0. The van der Waals surface area contributed by atoms with Gasteiger partial charge in [0.05, 0.1) is 17.0 Å². The summed E-state index contributed by atoms with van der Waals surface area (Å²) in [5, 5.41) is 13.5. The average Bonchev–Trinajstić information content (AvgIpc) is 3.46. The van der Waals surface area contributed by atoms with E-state index in [9.17, 15) is 14.0 Å². The van der Waals surface area contributed by atoms with Crippen molar-refractivity contribution in [1.82, 2.24) is 15.2 Å². The maximum atomic E-state index is 13.0. The molecule has 0 saturated heterocycles. The fraction of sp³-hybridized carbons (Fsp3) is 0.0476. The van der Waals surface area contributed by atoms with Crippen LogP contribution in [0.5, 0.6) is 0 Å². The molecule has 156 valence electrons. The summed E-state index contributed by atoms with van der Waals surface area (Å²) < 4.78 is 18.5. The maximum Gasteiger partial charge on any atom is 0.277 e. The average molecular weight is 437 g/mol. The Hall–Kier alpha value is -3.92. The van der Waals surface area contributed by atoms with E-state index in [-0.39, 0.29) is 22.4 Å². The summed E-state index contributed by atoms with van der Waals surface area (Å²) in [4.78, 5) is 27.9. The van der Waals surface area contributed by atoms with E-state index in [1.54, 1.807) is 36.5 Å². The van der Waals surface area contributed by atoms with Crippen molar-refractivity contribution in [2.75, 3.05) is 16.4 Å². The van der Waals surface area contributed by atoms with Gasteiger partial charge in [0.15, 0.2) is 0 Å². The normalized spacial score (nSPS) is 10.6. The van der Waals surface area contributed by atoms with E-state index in [2.05, 4.69) is 25.8 Å². The van der Waals surface area contributed by atoms with Crippen LogP contribution >= 0.6 is 11.8 Å². The van der Waals surface area contributed by atoms with Gasteiger partial charge in [-0.2, -0.15) is 0 Å². The van der Waals surface area contributed by atoms with Gasteiger partial charge in [0.25, 0.3) is 17.0 Å². The topological polar surface area (TPSA) is 113 Å². The van der Waals surface area contributed by atoms with E-state index in [4.69, 9.17) is 4.42 Å². The van der Waals surface area contributed by atoms with Crippen LogP contribution in [0.3, 0.4) is 0 Å². The van der Waals surface area contributed by atoms with Gasteiger partial charge in [-0.15, -0.1) is 10.2 Å². The quantitative estimate of drug-likeness (QED) is 0.374. The molecular formula is C21H16FN5O3S. The van der Waals surface area contributed by atoms with Crippen molar-refractivity contribution in [1.29, 1.82) is 0 Å². The van der Waals surface area contributed by atoms with Crippen molar-refractivity contribution < 1.29 is 18.4 Å². The first kappa shape index (κ1) is 20.4. The van der Waals surface area contributed by atoms with Gasteiger partial charge in [0.2, 0.25) is 5.91 Å². The lowest BCUT2D eigenvalue weighted by molar-refractivity contribution is -0.113. The Balaban J connectivity index is 1.37. The Kier molecular flexibility index (Phi) is 6.08. The van der Waals surface area contributed by atoms with Crippen LogP contribution in [0.15, 0.2) is 76.5 Å². The van der Waals surface area contributed by atoms with Crippen LogP contribution in [-0.4, -0.2) is 32.7 Å². The molecule has 4 aromatic rings. The molecule has 8 nitrogen and oxygen atoms in total. The number of aromatic nitrogens is 3. The fourth-order valence-corrected chi connectivity index (χ4v) is 3.24. The van der Waals surface area contributed by atoms with Crippen molar-refractivity contribution in [2.45, 2.75) is 5.22 Å². The summed E-state index contributed by atoms with van der Waals surface area (Å²) in [5.41, 5.74) is 1.75. The number of rotatable bonds is 7. The number of nitrogens with zero attached hydrogens (tertiary/aromatic N) is 2. The standard InChI is InChI=1S/C21H16FN5O3S/c22-13-7-9-14(10-8-13)24-19(29)15-4-1-2-5-16(15)25-18(28)12-31-21-27-26-20(30-21)17-6-3-11-23-17/h1-11,23H,12H2,(H,24,29)(H,25,28). The number of benzene rings is 2. The zero-order valence-corrected chi connectivity index (χ0v) is 16.8. The van der Waals surface area contributed by atoms with Crippen molar-refractivity contribution in [3.63, 3.8) is 0 Å². The van der Waals surface area contributed by atoms with Gasteiger partial charge in [0.1, 0.15) is 11.5 Å². The number of anilines is 2. The van der Waals surface area contributed by atoms with Gasteiger partial charge >= 0.3 is 0 Å². The molecule has 0 unspecified atom stereocenters. The second-order valence-corrected chi connectivity index (χ2v) is 7.23. The van der Waals surface area contributed by atoms with E-state index in [1.165, 1.54) is 24.3 Å². The van der Waals surface area contributed by atoms with Crippen LogP contribution < -0.4 is 10.6 Å². The SMILES string of the molecule is O=C(CSc1nnc(-c2ccc[nH]2)o1)Nc1ccccc1C(=O)Nc1ccc(F)cc1. The lowest BCUT2D eigenvalue weighted by Crippen LogP contribution is -2.19. The predicted octanol–water partition coefficient (Wildman–Crippen LogP) is 4.19. The highest BCUT2D eigenvalue weighted by molar-refractivity contribution is 7.99. The Bertz CT molecular complexity index is 1190. The van der Waals surface area contributed by atoms with E-state index >= 15 is 0 Å². The Labute approximate surface area is 180 Å². The number of carbonyl (C=O) groups is 2. The summed E-state index contributed by atoms with van der Waals surface area (Å²) >= 11 is 1.08. The minimum absolute atomic E-state index is 0.0142. The molecule has 2 amide bonds. The van der Waals surface area contributed by atoms with Crippen LogP contribution in [0.25, 0.3) is 11.6 Å². The first-order valence-electron chi connectivity index (χ1n) is 9.14. The number of H-pyrrole nitrogens is 1. The maximum absolute atomic E-state index is 13.0. The summed E-state index contributed by atoms with van der Waals surface area (Å²) in [6.07, 6.45) is 1.74. The zero-order chi connectivity index (χ0) is 21.6. The van der Waals surface area contributed by atoms with E-state index < -0.39 is 11.7 Å². The smallest absolute Gasteiger partial charge is 0.277 e. The Morgan fingerprint density at radius 3 is 2.58 bits per heavy atom. The lowest BCUT2D eigenvalue weighted by atomic mass is 10.1. The van der Waals surface area contributed by atoms with Gasteiger partial charge in [-0.3, -0.25) is 9.59 Å². The largest absolute Gasteiger partial charge is 0.410 e. The molecular weight excluding hydrogens is 421 g/mol. The molecule has 0 saturated carbocycles. The molecule has 2 heterocycles. The number of para-hydroxylation sites is 1. The molecule has 2 aromatic carbocycles. The molecule has 4 rings (SSSR count). The monoisotopic (exact) mass is 437 g/mol. The molecule has 2 aromatic heterocycles. The van der Waals surface area contributed by atoms with Crippen molar-refractivity contribution >= 4 is 35.0 Å². The summed E-state index contributed by atoms with van der Waals surface area (Å²) in [6.45, 7) is 0. The molecule has 0 fully saturated rings. The molecule has 0 atom stereocenters. The molecule has 10 heteroatoms. The predicted molar refractivity (Wildman–Crippen MR) is 114 cm³/mol. The molecule has 0 radical (unpaired) electrons. The van der Waals surface area contributed by atoms with Crippen LogP contribution in [0.2, 0.25) is 0 Å². The molecule has 3 N–H and O–H groups in total. The lowest BCUT2D eigenvalue weighted by Gasteiger charge is -2.11. The number of hydrogen-bond donors (Lipinski definition) is 3. The van der Waals surface area contributed by atoms with Gasteiger partial charge in [-0.25, -0.2) is 4.39 Å². The van der Waals surface area contributed by atoms with Gasteiger partial charge in [-0.1, -0.05) is 23.9 Å². The fourth-order valence-electron chi connectivity index (χ4n) is 2.68. The second kappa shape index (κ2) is 9.26. The van der Waals surface area contributed by atoms with Gasteiger partial charge in [-0.05, 0) is 48.5 Å². The first-order valence-corrected chi connectivity index (χ1v) is 10.1. The number of hydrogen-bond acceptors (Lipinski definition) is 6. The molecule has 0 aliphatic carbocycles. The third kappa shape index (κ3) is 5.17. The first-order chi connectivity index (χ1) is 15.1. The Morgan fingerprint density at radius 1 is 1.00 bits per heavy atom. The summed E-state index contributed by atoms with van der Waals surface area (Å²) in [5.74, 6) is -0.824. The second-order valence-electron chi connectivity index (χ2n) is 6.30. The van der Waals surface area contributed by atoms with Gasteiger partial charge in [0, 0.05) is 11.9 Å². The third-order valence-corrected chi connectivity index (χ3v) is 4.93. The highest BCUT2D eigenvalue weighted by Crippen LogP contribution is 2.23. The van der Waals surface area contributed by atoms with Crippen LogP contribution in [0, 0.1) is 5.82 Å². The van der Waals surface area contributed by atoms with E-state index in [0.717, 1.165) is 11.8 Å². The third-order valence-electron chi connectivity index (χ3n) is 4.11. The molecule has 0 spiro atoms. The molecule has 0 bridgehead atoms. The molecule has 0 aliphatic heterocycles. The van der Waals surface area contributed by atoms with E-state index in [0.29, 0.717) is 23.0 Å². The van der Waals surface area contributed by atoms with E-state index in [1.807, 2.05) is 6.07 Å². The van der Waals surface area contributed by atoms with Crippen LogP contribution in [-0.2, 0) is 4.79 Å². The van der Waals surface area contributed by atoms with Crippen LogP contribution in [0.4, 0.5) is 15.8 Å². The van der Waals surface area contributed by atoms with Crippen molar-refractivity contribution in [2.24, 2.45) is 0 Å². The summed E-state index contributed by atoms with van der Waals surface area (Å²) in [6, 6.07) is 15.6. The minimum atomic E-state index is -0.428. The Morgan fingerprint density at radius 2 is 1.81 bits per heavy atom. The van der Waals surface area contributed by atoms with Crippen LogP contribution in [0.1, 0.15) is 10.4 Å². The molecule has 0 aliphatic rings. The number of carbonyl (C=O) groups excluding carboxylic acids is 2. The number of amides is 2. The molecule has 31 heavy (non-hydrogen) atoms. The highest BCUT2D eigenvalue weighted by atomic mass is 32.2. The number of aromatic amines is 1. The number of thioether (sulfide) groups is 1. The minimum Gasteiger partial charge on any atom is -0.410 e. The number of halogens is 1. The van der Waals surface area contributed by atoms with Crippen molar-refractivity contribution in [3.8, 4) is 11.6 Å². The zero-order valence-electron chi connectivity index (χ0n) is 16.0. The van der Waals surface area contributed by atoms with Gasteiger partial charge < -0.3 is 20.0 Å². The van der Waals surface area contributed by atoms with Crippen molar-refractivity contribution in [3.05, 3.63) is 78.2 Å². The number of nitrogens with one attached hydrogen (secondary N) is 3. The highest BCUT2D eigenvalue weighted by Gasteiger charge is 2.15.